The molecule has 2 nitrogen and oxygen atoms in total. The van der Waals surface area contributed by atoms with E-state index in [1.54, 1.807) is 0 Å². The molecule has 2 rings (SSSR count). The second-order valence-corrected chi connectivity index (χ2v) is 8.60. The zero-order valence-electron chi connectivity index (χ0n) is 17.6. The van der Waals surface area contributed by atoms with E-state index in [0.717, 1.165) is 57.3 Å². The molecule has 0 spiro atoms. The van der Waals surface area contributed by atoms with Gasteiger partial charge in [-0.15, -0.1) is 0 Å². The molecule has 2 N–H and O–H groups in total. The van der Waals surface area contributed by atoms with Crippen LogP contribution in [0.5, 0.6) is 11.5 Å². The largest absolute Gasteiger partial charge is 0.507 e. The summed E-state index contributed by atoms with van der Waals surface area (Å²) < 4.78 is 0. The summed E-state index contributed by atoms with van der Waals surface area (Å²) in [7, 11) is 0. The molecular formula is C24H34O2. The number of phenols is 2. The Labute approximate surface area is 158 Å². The van der Waals surface area contributed by atoms with E-state index in [1.807, 2.05) is 13.8 Å². The number of hydrogen-bond donors (Lipinski definition) is 2. The maximum atomic E-state index is 11.1. The molecule has 0 amide bonds. The Kier molecular flexibility index (Phi) is 6.05. The summed E-state index contributed by atoms with van der Waals surface area (Å²) in [5.74, 6) is 1.56. The number of rotatable bonds is 5. The lowest BCUT2D eigenvalue weighted by Crippen LogP contribution is -2.03. The van der Waals surface area contributed by atoms with Crippen LogP contribution in [0.2, 0.25) is 0 Å². The van der Waals surface area contributed by atoms with E-state index < -0.39 is 0 Å². The highest BCUT2D eigenvalue weighted by molar-refractivity contribution is 5.84. The Hall–Kier alpha value is -1.96. The third-order valence-electron chi connectivity index (χ3n) is 5.30. The molecule has 2 heteroatoms. The molecule has 0 bridgehead atoms. The minimum absolute atomic E-state index is 0.321. The summed E-state index contributed by atoms with van der Waals surface area (Å²) in [6, 6.07) is 4.18. The molecule has 0 saturated carbocycles. The van der Waals surface area contributed by atoms with Crippen LogP contribution in [0.1, 0.15) is 61.1 Å². The number of hydrogen-bond acceptors (Lipinski definition) is 2. The summed E-state index contributed by atoms with van der Waals surface area (Å²) >= 11 is 0. The van der Waals surface area contributed by atoms with Crippen LogP contribution in [0.3, 0.4) is 0 Å². The molecule has 2 aromatic carbocycles. The molecule has 26 heavy (non-hydrogen) atoms. The van der Waals surface area contributed by atoms with Crippen molar-refractivity contribution in [2.45, 2.75) is 68.2 Å². The van der Waals surface area contributed by atoms with Gasteiger partial charge >= 0.3 is 0 Å². The molecular weight excluding hydrogens is 320 g/mol. The predicted molar refractivity (Wildman–Crippen MR) is 111 cm³/mol. The highest BCUT2D eigenvalue weighted by Gasteiger charge is 2.22. The van der Waals surface area contributed by atoms with Crippen LogP contribution in [-0.2, 0) is 12.8 Å². The van der Waals surface area contributed by atoms with Crippen LogP contribution >= 0.6 is 0 Å². The zero-order valence-corrected chi connectivity index (χ0v) is 17.6. The minimum Gasteiger partial charge on any atom is -0.507 e. The first-order chi connectivity index (χ1) is 12.0. The van der Waals surface area contributed by atoms with Gasteiger partial charge in [0.05, 0.1) is 0 Å². The average molecular weight is 355 g/mol. The van der Waals surface area contributed by atoms with Gasteiger partial charge in [0, 0.05) is 11.1 Å². The molecule has 0 atom stereocenters. The van der Waals surface area contributed by atoms with Crippen molar-refractivity contribution in [1.29, 1.82) is 0 Å². The van der Waals surface area contributed by atoms with E-state index in [9.17, 15) is 10.2 Å². The Morgan fingerprint density at radius 3 is 1.23 bits per heavy atom. The van der Waals surface area contributed by atoms with E-state index >= 15 is 0 Å². The van der Waals surface area contributed by atoms with Gasteiger partial charge in [0.15, 0.2) is 0 Å². The van der Waals surface area contributed by atoms with Crippen molar-refractivity contribution in [3.8, 4) is 22.6 Å². The van der Waals surface area contributed by atoms with Crippen molar-refractivity contribution in [2.24, 2.45) is 11.8 Å². The monoisotopic (exact) mass is 354 g/mol. The van der Waals surface area contributed by atoms with Crippen molar-refractivity contribution in [3.63, 3.8) is 0 Å². The summed E-state index contributed by atoms with van der Waals surface area (Å²) in [4.78, 5) is 0. The average Bonchev–Trinajstić information content (AvgIpc) is 2.52. The topological polar surface area (TPSA) is 40.5 Å². The molecule has 142 valence electrons. The lowest BCUT2D eigenvalue weighted by molar-refractivity contribution is 0.455. The van der Waals surface area contributed by atoms with Crippen LogP contribution in [-0.4, -0.2) is 10.2 Å². The molecule has 2 aromatic rings. The summed E-state index contributed by atoms with van der Waals surface area (Å²) in [5.41, 5.74) is 7.89. The first kappa shape index (κ1) is 20.4. The fourth-order valence-corrected chi connectivity index (χ4v) is 3.75. The zero-order chi connectivity index (χ0) is 19.8. The van der Waals surface area contributed by atoms with E-state index in [1.165, 1.54) is 0 Å². The Morgan fingerprint density at radius 1 is 0.654 bits per heavy atom. The lowest BCUT2D eigenvalue weighted by Gasteiger charge is -2.22. The molecule has 0 saturated heterocycles. The molecule has 0 aromatic heterocycles. The number of aromatic hydroxyl groups is 2. The standard InChI is InChI=1S/C24H34O2/c1-13(2)9-19-11-15(5)17(7)21(23(19)25)22-18(8)16(6)12-20(24(22)26)10-14(3)4/h11-14,25-26H,9-10H2,1-8H3. The SMILES string of the molecule is Cc1cc(CC(C)C)c(O)c(-c2c(C)c(C)cc(CC(C)C)c2O)c1C. The highest BCUT2D eigenvalue weighted by Crippen LogP contribution is 2.46. The van der Waals surface area contributed by atoms with Gasteiger partial charge in [-0.1, -0.05) is 39.8 Å². The van der Waals surface area contributed by atoms with Gasteiger partial charge in [-0.25, -0.2) is 0 Å². The van der Waals surface area contributed by atoms with Crippen LogP contribution < -0.4 is 0 Å². The molecule has 0 fully saturated rings. The Morgan fingerprint density at radius 2 is 0.962 bits per heavy atom. The predicted octanol–water partition coefficient (Wildman–Crippen LogP) is 6.40. The maximum Gasteiger partial charge on any atom is 0.127 e. The maximum absolute atomic E-state index is 11.1. The first-order valence-corrected chi connectivity index (χ1v) is 9.68. The fraction of sp³-hybridized carbons (Fsp3) is 0.500. The van der Waals surface area contributed by atoms with Gasteiger partial charge in [-0.3, -0.25) is 0 Å². The molecule has 0 radical (unpaired) electrons. The molecule has 0 aliphatic carbocycles. The van der Waals surface area contributed by atoms with E-state index in [-0.39, 0.29) is 0 Å². The third kappa shape index (κ3) is 3.90. The van der Waals surface area contributed by atoms with Gasteiger partial charge < -0.3 is 10.2 Å². The Balaban J connectivity index is 2.83. The van der Waals surface area contributed by atoms with Crippen molar-refractivity contribution >= 4 is 0 Å². The number of benzene rings is 2. The molecule has 0 heterocycles. The van der Waals surface area contributed by atoms with Gasteiger partial charge in [0.2, 0.25) is 0 Å². The Bertz CT molecular complexity index is 744. The smallest absolute Gasteiger partial charge is 0.127 e. The molecule has 0 unspecified atom stereocenters. The molecule has 0 aliphatic heterocycles. The van der Waals surface area contributed by atoms with E-state index in [4.69, 9.17) is 0 Å². The van der Waals surface area contributed by atoms with Gasteiger partial charge in [-0.2, -0.15) is 0 Å². The highest BCUT2D eigenvalue weighted by atomic mass is 16.3. The van der Waals surface area contributed by atoms with Crippen LogP contribution in [0.25, 0.3) is 11.1 Å². The number of phenolic OH excluding ortho intramolecular Hbond substituents is 2. The third-order valence-corrected chi connectivity index (χ3v) is 5.30. The van der Waals surface area contributed by atoms with Crippen LogP contribution in [0, 0.1) is 39.5 Å². The van der Waals surface area contributed by atoms with Crippen LogP contribution in [0.15, 0.2) is 12.1 Å². The van der Waals surface area contributed by atoms with Gasteiger partial charge in [0.1, 0.15) is 11.5 Å². The minimum atomic E-state index is 0.321. The summed E-state index contributed by atoms with van der Waals surface area (Å²) in [6.45, 7) is 16.9. The quantitative estimate of drug-likeness (QED) is 0.652. The second kappa shape index (κ2) is 7.73. The molecule has 0 aliphatic rings. The van der Waals surface area contributed by atoms with Crippen molar-refractivity contribution in [1.82, 2.24) is 0 Å². The fourth-order valence-electron chi connectivity index (χ4n) is 3.75. The van der Waals surface area contributed by atoms with Crippen LogP contribution in [0.4, 0.5) is 0 Å². The second-order valence-electron chi connectivity index (χ2n) is 8.60. The number of aryl methyl sites for hydroxylation is 2. The van der Waals surface area contributed by atoms with Gasteiger partial charge in [0.25, 0.3) is 0 Å². The van der Waals surface area contributed by atoms with E-state index in [2.05, 4.69) is 53.7 Å². The van der Waals surface area contributed by atoms with Crippen molar-refractivity contribution in [2.75, 3.05) is 0 Å². The first-order valence-electron chi connectivity index (χ1n) is 9.68. The summed E-state index contributed by atoms with van der Waals surface area (Å²) in [6.07, 6.45) is 1.65. The van der Waals surface area contributed by atoms with Crippen molar-refractivity contribution < 1.29 is 10.2 Å². The lowest BCUT2D eigenvalue weighted by atomic mass is 9.85. The van der Waals surface area contributed by atoms with Gasteiger partial charge in [-0.05, 0) is 85.8 Å². The van der Waals surface area contributed by atoms with E-state index in [0.29, 0.717) is 23.3 Å². The normalized spacial score (nSPS) is 11.6. The van der Waals surface area contributed by atoms with Crippen molar-refractivity contribution in [3.05, 3.63) is 45.5 Å². The summed E-state index contributed by atoms with van der Waals surface area (Å²) in [5, 5.41) is 22.2.